The second-order valence-corrected chi connectivity index (χ2v) is 3.79. The summed E-state index contributed by atoms with van der Waals surface area (Å²) in [5, 5.41) is 1.19. The number of carbonyl (C=O) groups excluding carboxylic acids is 1. The molecular weight excluding hydrogens is 214 g/mol. The van der Waals surface area contributed by atoms with Crippen LogP contribution in [0, 0.1) is 0 Å². The van der Waals surface area contributed by atoms with E-state index in [0.717, 1.165) is 5.52 Å². The molecule has 0 aliphatic rings. The Labute approximate surface area is 100 Å². The van der Waals surface area contributed by atoms with Crippen LogP contribution in [-0.4, -0.2) is 17.1 Å². The van der Waals surface area contributed by atoms with E-state index in [0.29, 0.717) is 13.0 Å². The van der Waals surface area contributed by atoms with Gasteiger partial charge in [0, 0.05) is 18.3 Å². The topological polar surface area (TPSA) is 31.2 Å². The number of esters is 1. The van der Waals surface area contributed by atoms with Crippen LogP contribution < -0.4 is 0 Å². The predicted molar refractivity (Wildman–Crippen MR) is 67.7 cm³/mol. The zero-order valence-electron chi connectivity index (χ0n) is 9.63. The third-order valence-electron chi connectivity index (χ3n) is 2.60. The van der Waals surface area contributed by atoms with Crippen LogP contribution in [0.25, 0.3) is 10.9 Å². The van der Waals surface area contributed by atoms with Crippen LogP contribution in [0.15, 0.2) is 49.2 Å². The number of rotatable bonds is 5. The van der Waals surface area contributed by atoms with Gasteiger partial charge in [0.25, 0.3) is 0 Å². The lowest BCUT2D eigenvalue weighted by Crippen LogP contribution is -2.08. The van der Waals surface area contributed by atoms with Gasteiger partial charge in [-0.2, -0.15) is 0 Å². The minimum absolute atomic E-state index is 0.192. The highest BCUT2D eigenvalue weighted by Crippen LogP contribution is 2.15. The lowest BCUT2D eigenvalue weighted by molar-refractivity contribution is -0.142. The van der Waals surface area contributed by atoms with Crippen LogP contribution in [0.4, 0.5) is 0 Å². The number of ether oxygens (including phenoxy) is 1. The standard InChI is InChI=1S/C14H15NO2/c1-2-11-17-14(16)8-10-15-9-7-12-5-3-4-6-13(12)15/h2-7,9H,1,8,10-11H2. The molecule has 3 heteroatoms. The predicted octanol–water partition coefficient (Wildman–Crippen LogP) is 2.76. The largest absolute Gasteiger partial charge is 0.461 e. The molecule has 0 radical (unpaired) electrons. The number of para-hydroxylation sites is 1. The van der Waals surface area contributed by atoms with Crippen molar-refractivity contribution in [2.24, 2.45) is 0 Å². The first-order chi connectivity index (χ1) is 8.31. The molecule has 1 heterocycles. The van der Waals surface area contributed by atoms with Gasteiger partial charge in [0.2, 0.25) is 0 Å². The summed E-state index contributed by atoms with van der Waals surface area (Å²) < 4.78 is 6.99. The fourth-order valence-electron chi connectivity index (χ4n) is 1.77. The van der Waals surface area contributed by atoms with E-state index in [1.54, 1.807) is 6.08 Å². The van der Waals surface area contributed by atoms with E-state index in [4.69, 9.17) is 4.74 Å². The van der Waals surface area contributed by atoms with Gasteiger partial charge >= 0.3 is 5.97 Å². The summed E-state index contributed by atoms with van der Waals surface area (Å²) in [6.07, 6.45) is 3.95. The van der Waals surface area contributed by atoms with Crippen molar-refractivity contribution < 1.29 is 9.53 Å². The van der Waals surface area contributed by atoms with Crippen molar-refractivity contribution in [3.8, 4) is 0 Å². The number of nitrogens with zero attached hydrogens (tertiary/aromatic N) is 1. The Morgan fingerprint density at radius 3 is 3.00 bits per heavy atom. The van der Waals surface area contributed by atoms with Crippen LogP contribution in [0.1, 0.15) is 6.42 Å². The monoisotopic (exact) mass is 229 g/mol. The van der Waals surface area contributed by atoms with Gasteiger partial charge < -0.3 is 9.30 Å². The minimum atomic E-state index is -0.192. The van der Waals surface area contributed by atoms with Crippen molar-refractivity contribution in [1.29, 1.82) is 0 Å². The van der Waals surface area contributed by atoms with Crippen LogP contribution in [0.2, 0.25) is 0 Å². The highest BCUT2D eigenvalue weighted by molar-refractivity contribution is 5.80. The molecule has 0 unspecified atom stereocenters. The highest BCUT2D eigenvalue weighted by Gasteiger charge is 2.04. The smallest absolute Gasteiger partial charge is 0.307 e. The number of fused-ring (bicyclic) bond motifs is 1. The van der Waals surface area contributed by atoms with Gasteiger partial charge in [0.05, 0.1) is 6.42 Å². The quantitative estimate of drug-likeness (QED) is 0.583. The van der Waals surface area contributed by atoms with Crippen molar-refractivity contribution in [1.82, 2.24) is 4.57 Å². The molecular formula is C14H15NO2. The van der Waals surface area contributed by atoms with Crippen molar-refractivity contribution in [2.75, 3.05) is 6.61 Å². The van der Waals surface area contributed by atoms with Gasteiger partial charge in [-0.15, -0.1) is 0 Å². The Hall–Kier alpha value is -2.03. The minimum Gasteiger partial charge on any atom is -0.461 e. The molecule has 3 nitrogen and oxygen atoms in total. The van der Waals surface area contributed by atoms with E-state index < -0.39 is 0 Å². The van der Waals surface area contributed by atoms with Crippen LogP contribution >= 0.6 is 0 Å². The fraction of sp³-hybridized carbons (Fsp3) is 0.214. The fourth-order valence-corrected chi connectivity index (χ4v) is 1.77. The SMILES string of the molecule is C=CCOC(=O)CCn1ccc2ccccc21. The average molecular weight is 229 g/mol. The van der Waals surface area contributed by atoms with Crippen molar-refractivity contribution in [3.63, 3.8) is 0 Å². The molecule has 0 bridgehead atoms. The van der Waals surface area contributed by atoms with E-state index in [-0.39, 0.29) is 12.6 Å². The van der Waals surface area contributed by atoms with Crippen molar-refractivity contribution in [2.45, 2.75) is 13.0 Å². The number of carbonyl (C=O) groups is 1. The summed E-state index contributed by atoms with van der Waals surface area (Å²) in [7, 11) is 0. The molecule has 1 aromatic carbocycles. The maximum atomic E-state index is 11.3. The molecule has 0 fully saturated rings. The van der Waals surface area contributed by atoms with Gasteiger partial charge in [-0.05, 0) is 17.5 Å². The molecule has 0 atom stereocenters. The molecule has 2 rings (SSSR count). The highest BCUT2D eigenvalue weighted by atomic mass is 16.5. The van der Waals surface area contributed by atoms with E-state index in [9.17, 15) is 4.79 Å². The second-order valence-electron chi connectivity index (χ2n) is 3.79. The lowest BCUT2D eigenvalue weighted by Gasteiger charge is -2.05. The summed E-state index contributed by atoms with van der Waals surface area (Å²) >= 11 is 0. The lowest BCUT2D eigenvalue weighted by atomic mass is 10.2. The molecule has 0 saturated carbocycles. The number of aryl methyl sites for hydroxylation is 1. The Balaban J connectivity index is 1.99. The number of hydrogen-bond donors (Lipinski definition) is 0. The van der Waals surface area contributed by atoms with Crippen molar-refractivity contribution >= 4 is 16.9 Å². The second kappa shape index (κ2) is 5.34. The molecule has 0 amide bonds. The Bertz CT molecular complexity index is 528. The third-order valence-corrected chi connectivity index (χ3v) is 2.60. The number of hydrogen-bond acceptors (Lipinski definition) is 2. The molecule has 1 aromatic heterocycles. The normalized spacial score (nSPS) is 10.4. The van der Waals surface area contributed by atoms with E-state index in [2.05, 4.69) is 17.2 Å². The Morgan fingerprint density at radius 2 is 2.18 bits per heavy atom. The molecule has 0 saturated heterocycles. The van der Waals surface area contributed by atoms with Gasteiger partial charge in [-0.1, -0.05) is 30.9 Å². The average Bonchev–Trinajstić information content (AvgIpc) is 2.77. The van der Waals surface area contributed by atoms with Gasteiger partial charge in [-0.3, -0.25) is 4.79 Å². The van der Waals surface area contributed by atoms with Crippen molar-refractivity contribution in [3.05, 3.63) is 49.2 Å². The molecule has 0 spiro atoms. The van der Waals surface area contributed by atoms with Gasteiger partial charge in [0.1, 0.15) is 6.61 Å². The number of benzene rings is 1. The zero-order valence-corrected chi connectivity index (χ0v) is 9.63. The summed E-state index contributed by atoms with van der Waals surface area (Å²) in [6.45, 7) is 4.43. The first-order valence-corrected chi connectivity index (χ1v) is 5.61. The molecule has 0 aliphatic carbocycles. The molecule has 0 N–H and O–H groups in total. The summed E-state index contributed by atoms with van der Waals surface area (Å²) in [6, 6.07) is 10.1. The van der Waals surface area contributed by atoms with E-state index >= 15 is 0 Å². The van der Waals surface area contributed by atoms with Crippen LogP contribution in [0.3, 0.4) is 0 Å². The molecule has 88 valence electrons. The van der Waals surface area contributed by atoms with Gasteiger partial charge in [-0.25, -0.2) is 0 Å². The maximum absolute atomic E-state index is 11.3. The molecule has 17 heavy (non-hydrogen) atoms. The van der Waals surface area contributed by atoms with Crippen LogP contribution in [-0.2, 0) is 16.1 Å². The van der Waals surface area contributed by atoms with Gasteiger partial charge in [0.15, 0.2) is 0 Å². The molecule has 2 aromatic rings. The Morgan fingerprint density at radius 1 is 1.35 bits per heavy atom. The summed E-state index contributed by atoms with van der Waals surface area (Å²) in [5.41, 5.74) is 1.14. The summed E-state index contributed by atoms with van der Waals surface area (Å²) in [4.78, 5) is 11.3. The van der Waals surface area contributed by atoms with E-state index in [1.807, 2.05) is 30.5 Å². The molecule has 0 aliphatic heterocycles. The third kappa shape index (κ3) is 2.75. The van der Waals surface area contributed by atoms with Crippen LogP contribution in [0.5, 0.6) is 0 Å². The zero-order chi connectivity index (χ0) is 12.1. The number of aromatic nitrogens is 1. The Kier molecular flexibility index (Phi) is 3.60. The first kappa shape index (κ1) is 11.5. The first-order valence-electron chi connectivity index (χ1n) is 5.61. The maximum Gasteiger partial charge on any atom is 0.307 e. The summed E-state index contributed by atoms with van der Waals surface area (Å²) in [5.74, 6) is -0.192. The van der Waals surface area contributed by atoms with E-state index in [1.165, 1.54) is 5.39 Å².